The molecule has 2 rings (SSSR count). The third-order valence-corrected chi connectivity index (χ3v) is 3.27. The molecule has 0 unspecified atom stereocenters. The monoisotopic (exact) mass is 257 g/mol. The van der Waals surface area contributed by atoms with Crippen LogP contribution in [-0.2, 0) is 9.59 Å². The fraction of sp³-hybridized carbons (Fsp3) is 0.375. The van der Waals surface area contributed by atoms with E-state index in [1.807, 2.05) is 18.2 Å². The summed E-state index contributed by atoms with van der Waals surface area (Å²) in [6.07, 6.45) is 7.90. The van der Waals surface area contributed by atoms with E-state index in [0.717, 1.165) is 19.3 Å². The van der Waals surface area contributed by atoms with Crippen LogP contribution in [0.2, 0.25) is 0 Å². The number of imide groups is 1. The van der Waals surface area contributed by atoms with Gasteiger partial charge in [-0.15, -0.1) is 0 Å². The predicted molar refractivity (Wildman–Crippen MR) is 75.3 cm³/mol. The molecule has 2 amide bonds. The molecular formula is C16H19NO2. The number of unbranched alkanes of at least 4 members (excludes halogenated alkanes) is 2. The summed E-state index contributed by atoms with van der Waals surface area (Å²) in [4.78, 5) is 24.2. The molecular weight excluding hydrogens is 238 g/mol. The number of hydrogen-bond donors (Lipinski definition) is 0. The van der Waals surface area contributed by atoms with Crippen LogP contribution in [0.1, 0.15) is 37.7 Å². The van der Waals surface area contributed by atoms with E-state index in [2.05, 4.69) is 24.3 Å². The molecule has 1 aliphatic rings. The number of benzene rings is 1. The number of likely N-dealkylation sites (tertiary alicyclic amines) is 1. The Morgan fingerprint density at radius 1 is 1.00 bits per heavy atom. The lowest BCUT2D eigenvalue weighted by molar-refractivity contribution is -0.138. The Kier molecular flexibility index (Phi) is 4.90. The van der Waals surface area contributed by atoms with Gasteiger partial charge in [0.25, 0.3) is 0 Å². The average Bonchev–Trinajstić information content (AvgIpc) is 2.75. The van der Waals surface area contributed by atoms with Gasteiger partial charge < -0.3 is 0 Å². The van der Waals surface area contributed by atoms with Crippen LogP contribution in [0.4, 0.5) is 0 Å². The highest BCUT2D eigenvalue weighted by atomic mass is 16.2. The molecule has 1 heterocycles. The van der Waals surface area contributed by atoms with Gasteiger partial charge in [-0.05, 0) is 24.8 Å². The van der Waals surface area contributed by atoms with Crippen LogP contribution in [0.15, 0.2) is 36.4 Å². The van der Waals surface area contributed by atoms with Crippen LogP contribution in [-0.4, -0.2) is 23.3 Å². The normalized spacial score (nSPS) is 15.7. The zero-order valence-corrected chi connectivity index (χ0v) is 11.0. The first-order valence-corrected chi connectivity index (χ1v) is 6.82. The summed E-state index contributed by atoms with van der Waals surface area (Å²) in [6.45, 7) is 0.580. The Morgan fingerprint density at radius 2 is 1.68 bits per heavy atom. The number of carbonyl (C=O) groups excluding carboxylic acids is 2. The Bertz CT molecular complexity index is 449. The molecule has 0 atom stereocenters. The minimum absolute atomic E-state index is 0.00942. The molecule has 0 radical (unpaired) electrons. The maximum Gasteiger partial charge on any atom is 0.229 e. The smallest absolute Gasteiger partial charge is 0.229 e. The summed E-state index contributed by atoms with van der Waals surface area (Å²) in [7, 11) is 0. The molecule has 100 valence electrons. The first-order valence-electron chi connectivity index (χ1n) is 6.82. The van der Waals surface area contributed by atoms with Crippen molar-refractivity contribution in [2.75, 3.05) is 6.54 Å². The van der Waals surface area contributed by atoms with Crippen molar-refractivity contribution >= 4 is 17.9 Å². The molecule has 1 aromatic rings. The molecule has 0 N–H and O–H groups in total. The maximum atomic E-state index is 11.4. The number of hydrogen-bond acceptors (Lipinski definition) is 2. The quantitative estimate of drug-likeness (QED) is 0.580. The Balaban J connectivity index is 1.64. The Labute approximate surface area is 113 Å². The van der Waals surface area contributed by atoms with E-state index in [0.29, 0.717) is 19.4 Å². The van der Waals surface area contributed by atoms with Gasteiger partial charge in [-0.2, -0.15) is 0 Å². The van der Waals surface area contributed by atoms with E-state index in [1.165, 1.54) is 10.5 Å². The molecule has 0 bridgehead atoms. The Hall–Kier alpha value is -1.90. The average molecular weight is 257 g/mol. The SMILES string of the molecule is O=C1CCC(=O)N1CCCCC=Cc1ccccc1. The lowest BCUT2D eigenvalue weighted by Crippen LogP contribution is -2.29. The molecule has 19 heavy (non-hydrogen) atoms. The highest BCUT2D eigenvalue weighted by Crippen LogP contribution is 2.13. The van der Waals surface area contributed by atoms with Gasteiger partial charge in [0.15, 0.2) is 0 Å². The summed E-state index contributed by atoms with van der Waals surface area (Å²) < 4.78 is 0. The van der Waals surface area contributed by atoms with Gasteiger partial charge in [-0.3, -0.25) is 14.5 Å². The van der Waals surface area contributed by atoms with Gasteiger partial charge in [0.05, 0.1) is 0 Å². The number of allylic oxidation sites excluding steroid dienone is 1. The molecule has 0 spiro atoms. The lowest BCUT2D eigenvalue weighted by atomic mass is 10.1. The molecule has 1 aromatic carbocycles. The van der Waals surface area contributed by atoms with Crippen molar-refractivity contribution in [2.24, 2.45) is 0 Å². The van der Waals surface area contributed by atoms with Crippen LogP contribution >= 0.6 is 0 Å². The predicted octanol–water partition coefficient (Wildman–Crippen LogP) is 3.02. The minimum Gasteiger partial charge on any atom is -0.283 e. The summed E-state index contributed by atoms with van der Waals surface area (Å²) in [5.74, 6) is -0.0188. The number of carbonyl (C=O) groups is 2. The van der Waals surface area contributed by atoms with Gasteiger partial charge in [0.1, 0.15) is 0 Å². The van der Waals surface area contributed by atoms with E-state index < -0.39 is 0 Å². The second-order valence-electron chi connectivity index (χ2n) is 4.75. The molecule has 1 aliphatic heterocycles. The standard InChI is InChI=1S/C16H19NO2/c18-15-11-12-16(19)17(15)13-7-2-1-4-8-14-9-5-3-6-10-14/h3-6,8-10H,1-2,7,11-13H2. The van der Waals surface area contributed by atoms with Crippen molar-refractivity contribution in [3.8, 4) is 0 Å². The first-order chi connectivity index (χ1) is 9.27. The topological polar surface area (TPSA) is 37.4 Å². The van der Waals surface area contributed by atoms with E-state index in [1.54, 1.807) is 0 Å². The number of rotatable bonds is 6. The number of amides is 2. The van der Waals surface area contributed by atoms with Gasteiger partial charge in [-0.25, -0.2) is 0 Å². The van der Waals surface area contributed by atoms with Gasteiger partial charge in [0, 0.05) is 19.4 Å². The zero-order chi connectivity index (χ0) is 13.5. The molecule has 1 fully saturated rings. The van der Waals surface area contributed by atoms with Crippen molar-refractivity contribution < 1.29 is 9.59 Å². The summed E-state index contributed by atoms with van der Waals surface area (Å²) in [5, 5.41) is 0. The molecule has 1 saturated heterocycles. The second-order valence-corrected chi connectivity index (χ2v) is 4.75. The van der Waals surface area contributed by atoms with E-state index in [4.69, 9.17) is 0 Å². The first kappa shape index (κ1) is 13.5. The maximum absolute atomic E-state index is 11.4. The summed E-state index contributed by atoms with van der Waals surface area (Å²) in [5.41, 5.74) is 1.20. The van der Waals surface area contributed by atoms with Crippen LogP contribution < -0.4 is 0 Å². The van der Waals surface area contributed by atoms with Crippen LogP contribution in [0.25, 0.3) is 6.08 Å². The van der Waals surface area contributed by atoms with Crippen LogP contribution in [0.3, 0.4) is 0 Å². The molecule has 0 saturated carbocycles. The molecule has 0 aliphatic carbocycles. The van der Waals surface area contributed by atoms with Crippen molar-refractivity contribution in [1.82, 2.24) is 4.90 Å². The van der Waals surface area contributed by atoms with Crippen LogP contribution in [0.5, 0.6) is 0 Å². The summed E-state index contributed by atoms with van der Waals surface area (Å²) in [6, 6.07) is 10.2. The van der Waals surface area contributed by atoms with Crippen molar-refractivity contribution in [1.29, 1.82) is 0 Å². The van der Waals surface area contributed by atoms with Crippen LogP contribution in [0, 0.1) is 0 Å². The molecule has 0 aromatic heterocycles. The highest BCUT2D eigenvalue weighted by molar-refractivity contribution is 6.01. The largest absolute Gasteiger partial charge is 0.283 e. The van der Waals surface area contributed by atoms with Crippen molar-refractivity contribution in [3.05, 3.63) is 42.0 Å². The van der Waals surface area contributed by atoms with Crippen molar-refractivity contribution in [2.45, 2.75) is 32.1 Å². The van der Waals surface area contributed by atoms with E-state index >= 15 is 0 Å². The van der Waals surface area contributed by atoms with E-state index in [-0.39, 0.29) is 11.8 Å². The summed E-state index contributed by atoms with van der Waals surface area (Å²) >= 11 is 0. The number of nitrogens with zero attached hydrogens (tertiary/aromatic N) is 1. The fourth-order valence-corrected chi connectivity index (χ4v) is 2.19. The Morgan fingerprint density at radius 3 is 2.37 bits per heavy atom. The van der Waals surface area contributed by atoms with Gasteiger partial charge in [0.2, 0.25) is 11.8 Å². The third kappa shape index (κ3) is 4.05. The third-order valence-electron chi connectivity index (χ3n) is 3.27. The fourth-order valence-electron chi connectivity index (χ4n) is 2.19. The minimum atomic E-state index is -0.00942. The van der Waals surface area contributed by atoms with Gasteiger partial charge >= 0.3 is 0 Å². The molecule has 3 heteroatoms. The van der Waals surface area contributed by atoms with E-state index in [9.17, 15) is 9.59 Å². The molecule has 3 nitrogen and oxygen atoms in total. The van der Waals surface area contributed by atoms with Gasteiger partial charge in [-0.1, -0.05) is 42.5 Å². The lowest BCUT2D eigenvalue weighted by Gasteiger charge is -2.12. The van der Waals surface area contributed by atoms with Crippen molar-refractivity contribution in [3.63, 3.8) is 0 Å². The zero-order valence-electron chi connectivity index (χ0n) is 11.0. The second kappa shape index (κ2) is 6.88. The highest BCUT2D eigenvalue weighted by Gasteiger charge is 2.27.